The van der Waals surface area contributed by atoms with E-state index in [0.717, 1.165) is 34.0 Å². The molecule has 0 fully saturated rings. The Balaban J connectivity index is 1.90. The van der Waals surface area contributed by atoms with E-state index in [-0.39, 0.29) is 0 Å². The molecule has 1 aromatic heterocycles. The predicted molar refractivity (Wildman–Crippen MR) is 101 cm³/mol. The third-order valence-corrected chi connectivity index (χ3v) is 4.93. The number of ether oxygens (including phenoxy) is 1. The van der Waals surface area contributed by atoms with Gasteiger partial charge in [-0.2, -0.15) is 0 Å². The molecule has 3 nitrogen and oxygen atoms in total. The summed E-state index contributed by atoms with van der Waals surface area (Å²) < 4.78 is 6.12. The fourth-order valence-electron chi connectivity index (χ4n) is 2.52. The van der Waals surface area contributed by atoms with Gasteiger partial charge in [-0.25, -0.2) is 4.98 Å². The van der Waals surface area contributed by atoms with Crippen LogP contribution in [0.4, 0.5) is 0 Å². The van der Waals surface area contributed by atoms with Crippen molar-refractivity contribution in [2.24, 2.45) is 5.73 Å². The monoisotopic (exact) mass is 338 g/mol. The first-order valence-electron chi connectivity index (χ1n) is 8.10. The minimum atomic E-state index is 0.552. The van der Waals surface area contributed by atoms with Crippen molar-refractivity contribution in [3.05, 3.63) is 69.5 Å². The van der Waals surface area contributed by atoms with Crippen molar-refractivity contribution in [3.63, 3.8) is 0 Å². The summed E-state index contributed by atoms with van der Waals surface area (Å²) in [5, 5.41) is 3.16. The number of hydrogen-bond donors (Lipinski definition) is 1. The highest BCUT2D eigenvalue weighted by Crippen LogP contribution is 2.34. The summed E-state index contributed by atoms with van der Waals surface area (Å²) in [5.74, 6) is 0.881. The molecule has 0 radical (unpaired) electrons. The van der Waals surface area contributed by atoms with Gasteiger partial charge in [0.2, 0.25) is 0 Å². The fourth-order valence-corrected chi connectivity index (χ4v) is 3.33. The molecule has 124 valence electrons. The van der Waals surface area contributed by atoms with E-state index in [1.54, 1.807) is 11.3 Å². The highest BCUT2D eigenvalue weighted by atomic mass is 32.1. The zero-order valence-corrected chi connectivity index (χ0v) is 14.9. The Hall–Kier alpha value is -2.17. The molecule has 0 amide bonds. The lowest BCUT2D eigenvalue weighted by molar-refractivity contribution is 0.307. The summed E-state index contributed by atoms with van der Waals surface area (Å²) in [6, 6.07) is 14.5. The Morgan fingerprint density at radius 2 is 1.83 bits per heavy atom. The van der Waals surface area contributed by atoms with Crippen LogP contribution in [0.1, 0.15) is 21.7 Å². The summed E-state index contributed by atoms with van der Waals surface area (Å²) in [6.45, 7) is 5.40. The first-order chi connectivity index (χ1) is 11.7. The second-order valence-electron chi connectivity index (χ2n) is 5.87. The molecule has 0 saturated carbocycles. The van der Waals surface area contributed by atoms with Crippen molar-refractivity contribution in [2.45, 2.75) is 26.9 Å². The lowest BCUT2D eigenvalue weighted by Gasteiger charge is -2.13. The van der Waals surface area contributed by atoms with E-state index in [2.05, 4.69) is 43.5 Å². The predicted octanol–water partition coefficient (Wildman–Crippen LogP) is 4.51. The number of rotatable bonds is 6. The van der Waals surface area contributed by atoms with Gasteiger partial charge in [-0.1, -0.05) is 30.3 Å². The molecule has 0 unspecified atom stereocenters. The Kier molecular flexibility index (Phi) is 5.28. The van der Waals surface area contributed by atoms with E-state index >= 15 is 0 Å². The van der Waals surface area contributed by atoms with Crippen LogP contribution in [0.15, 0.2) is 47.8 Å². The second-order valence-corrected chi connectivity index (χ2v) is 6.81. The summed E-state index contributed by atoms with van der Waals surface area (Å²) >= 11 is 1.66. The molecule has 2 N–H and O–H groups in total. The molecule has 24 heavy (non-hydrogen) atoms. The van der Waals surface area contributed by atoms with E-state index in [1.165, 1.54) is 11.1 Å². The van der Waals surface area contributed by atoms with Gasteiger partial charge in [0.25, 0.3) is 0 Å². The largest absolute Gasteiger partial charge is 0.488 e. The van der Waals surface area contributed by atoms with Crippen LogP contribution in [0.3, 0.4) is 0 Å². The molecular formula is C20H22N2OS. The number of thiazole rings is 1. The van der Waals surface area contributed by atoms with Gasteiger partial charge >= 0.3 is 0 Å². The second kappa shape index (κ2) is 7.60. The molecular weight excluding hydrogens is 316 g/mol. The maximum Gasteiger partial charge on any atom is 0.129 e. The lowest BCUT2D eigenvalue weighted by atomic mass is 10.0. The van der Waals surface area contributed by atoms with Crippen molar-refractivity contribution < 1.29 is 4.74 Å². The molecule has 2 aromatic carbocycles. The first kappa shape index (κ1) is 16.7. The first-order valence-corrected chi connectivity index (χ1v) is 8.98. The molecule has 3 aromatic rings. The van der Waals surface area contributed by atoms with Crippen LogP contribution in [0.5, 0.6) is 5.75 Å². The molecule has 0 aliphatic heterocycles. The Morgan fingerprint density at radius 3 is 2.58 bits per heavy atom. The maximum absolute atomic E-state index is 6.12. The third-order valence-electron chi connectivity index (χ3n) is 4.02. The quantitative estimate of drug-likeness (QED) is 0.719. The highest BCUT2D eigenvalue weighted by Gasteiger charge is 2.13. The third kappa shape index (κ3) is 3.83. The SMILES string of the molecule is Cc1cc(OCc2ccccc2)c(-c2csc(CCN)n2)cc1C. The molecule has 0 aliphatic carbocycles. The van der Waals surface area contributed by atoms with Gasteiger partial charge in [-0.15, -0.1) is 11.3 Å². The van der Waals surface area contributed by atoms with Crippen molar-refractivity contribution in [2.75, 3.05) is 6.54 Å². The van der Waals surface area contributed by atoms with Gasteiger partial charge in [0, 0.05) is 17.4 Å². The average molecular weight is 338 g/mol. The molecule has 0 aliphatic rings. The van der Waals surface area contributed by atoms with E-state index in [0.29, 0.717) is 13.2 Å². The molecule has 0 atom stereocenters. The van der Waals surface area contributed by atoms with Crippen molar-refractivity contribution in [1.29, 1.82) is 0 Å². The van der Waals surface area contributed by atoms with E-state index in [9.17, 15) is 0 Å². The minimum Gasteiger partial charge on any atom is -0.488 e. The number of benzene rings is 2. The number of nitrogens with two attached hydrogens (primary N) is 1. The van der Waals surface area contributed by atoms with Crippen LogP contribution in [0.25, 0.3) is 11.3 Å². The van der Waals surface area contributed by atoms with Gasteiger partial charge in [-0.3, -0.25) is 0 Å². The van der Waals surface area contributed by atoms with Crippen LogP contribution >= 0.6 is 11.3 Å². The molecule has 0 bridgehead atoms. The van der Waals surface area contributed by atoms with Crippen LogP contribution in [0.2, 0.25) is 0 Å². The standard InChI is InChI=1S/C20H22N2OS/c1-14-10-17(18-13-24-20(22-18)8-9-21)19(11-15(14)2)23-12-16-6-4-3-5-7-16/h3-7,10-11,13H,8-9,12,21H2,1-2H3. The van der Waals surface area contributed by atoms with Crippen molar-refractivity contribution in [3.8, 4) is 17.0 Å². The van der Waals surface area contributed by atoms with Gasteiger partial charge in [0.05, 0.1) is 10.7 Å². The van der Waals surface area contributed by atoms with E-state index in [4.69, 9.17) is 15.5 Å². The lowest BCUT2D eigenvalue weighted by Crippen LogP contribution is -2.02. The summed E-state index contributed by atoms with van der Waals surface area (Å²) in [7, 11) is 0. The van der Waals surface area contributed by atoms with Gasteiger partial charge in [0.15, 0.2) is 0 Å². The minimum absolute atomic E-state index is 0.552. The average Bonchev–Trinajstić information content (AvgIpc) is 3.05. The summed E-state index contributed by atoms with van der Waals surface area (Å²) in [6.07, 6.45) is 0.815. The summed E-state index contributed by atoms with van der Waals surface area (Å²) in [5.41, 5.74) is 11.3. The number of hydrogen-bond acceptors (Lipinski definition) is 4. The van der Waals surface area contributed by atoms with Crippen LogP contribution < -0.4 is 10.5 Å². The van der Waals surface area contributed by atoms with Gasteiger partial charge in [0.1, 0.15) is 12.4 Å². The number of aromatic nitrogens is 1. The number of aryl methyl sites for hydroxylation is 2. The zero-order chi connectivity index (χ0) is 16.9. The zero-order valence-electron chi connectivity index (χ0n) is 14.1. The van der Waals surface area contributed by atoms with Crippen molar-refractivity contribution in [1.82, 2.24) is 4.98 Å². The molecule has 4 heteroatoms. The molecule has 0 spiro atoms. The number of nitrogens with zero attached hydrogens (tertiary/aromatic N) is 1. The van der Waals surface area contributed by atoms with Crippen LogP contribution in [0, 0.1) is 13.8 Å². The Labute approximate surface area is 147 Å². The topological polar surface area (TPSA) is 48.1 Å². The summed E-state index contributed by atoms with van der Waals surface area (Å²) in [4.78, 5) is 4.72. The van der Waals surface area contributed by atoms with Gasteiger partial charge < -0.3 is 10.5 Å². The van der Waals surface area contributed by atoms with Crippen LogP contribution in [-0.4, -0.2) is 11.5 Å². The molecule has 1 heterocycles. The Morgan fingerprint density at radius 1 is 1.08 bits per heavy atom. The van der Waals surface area contributed by atoms with Crippen LogP contribution in [-0.2, 0) is 13.0 Å². The highest BCUT2D eigenvalue weighted by molar-refractivity contribution is 7.09. The molecule has 0 saturated heterocycles. The van der Waals surface area contributed by atoms with E-state index < -0.39 is 0 Å². The van der Waals surface area contributed by atoms with E-state index in [1.807, 2.05) is 18.2 Å². The smallest absolute Gasteiger partial charge is 0.129 e. The molecule has 3 rings (SSSR count). The maximum atomic E-state index is 6.12. The van der Waals surface area contributed by atoms with Crippen molar-refractivity contribution >= 4 is 11.3 Å². The Bertz CT molecular complexity index is 812. The van der Waals surface area contributed by atoms with Gasteiger partial charge in [-0.05, 0) is 49.2 Å². The normalized spacial score (nSPS) is 10.8. The fraction of sp³-hybridized carbons (Fsp3) is 0.250.